The third-order valence-electron chi connectivity index (χ3n) is 4.75. The summed E-state index contributed by atoms with van der Waals surface area (Å²) in [5.74, 6) is 1.67. The molecular weight excluding hydrogens is 408 g/mol. The van der Waals surface area contributed by atoms with Gasteiger partial charge >= 0.3 is 0 Å². The number of aryl methyl sites for hydroxylation is 1. The molecule has 2 aromatic carbocycles. The Hall–Kier alpha value is -3.39. The van der Waals surface area contributed by atoms with Gasteiger partial charge in [0, 0.05) is 19.0 Å². The molecule has 158 valence electrons. The minimum atomic E-state index is -0.114. The van der Waals surface area contributed by atoms with Crippen LogP contribution in [0.2, 0.25) is 0 Å². The van der Waals surface area contributed by atoms with E-state index in [0.717, 1.165) is 28.9 Å². The van der Waals surface area contributed by atoms with Gasteiger partial charge in [0.25, 0.3) is 0 Å². The fourth-order valence-corrected chi connectivity index (χ4v) is 4.14. The number of nitrogens with zero attached hydrogens (tertiary/aromatic N) is 5. The third kappa shape index (κ3) is 5.03. The monoisotopic (exact) mass is 432 g/mol. The van der Waals surface area contributed by atoms with Crippen LogP contribution in [0, 0.1) is 6.92 Å². The number of para-hydroxylation sites is 1. The summed E-state index contributed by atoms with van der Waals surface area (Å²) < 4.78 is 3.80. The lowest BCUT2D eigenvalue weighted by Gasteiger charge is -2.09. The maximum atomic E-state index is 12.6. The van der Waals surface area contributed by atoms with Crippen molar-refractivity contribution in [2.75, 3.05) is 11.1 Å². The third-order valence-corrected chi connectivity index (χ3v) is 5.71. The Labute approximate surface area is 185 Å². The Bertz CT molecular complexity index is 1150. The number of amides is 1. The Morgan fingerprint density at radius 1 is 1.03 bits per heavy atom. The van der Waals surface area contributed by atoms with Gasteiger partial charge in [-0.25, -0.2) is 4.68 Å². The second-order valence-corrected chi connectivity index (χ2v) is 8.00. The topological polar surface area (TPSA) is 77.6 Å². The van der Waals surface area contributed by atoms with Crippen molar-refractivity contribution in [3.05, 3.63) is 83.8 Å². The van der Waals surface area contributed by atoms with Gasteiger partial charge in [-0.1, -0.05) is 60.3 Å². The van der Waals surface area contributed by atoms with Crippen molar-refractivity contribution < 1.29 is 4.79 Å². The largest absolute Gasteiger partial charge is 0.310 e. The number of carbonyl (C=O) groups excluding carboxylic acids is 1. The first-order chi connectivity index (χ1) is 15.1. The standard InChI is InChI=1S/C23H24N6OS/c1-3-28-21(15-18-10-6-4-7-11-18)25-26-23(28)31-16-22(30)24-20-14-17(2)27-29(20)19-12-8-5-9-13-19/h4-14H,3,15-16H2,1-2H3,(H,24,30). The Morgan fingerprint density at radius 3 is 2.45 bits per heavy atom. The molecule has 8 heteroatoms. The number of anilines is 1. The first kappa shape index (κ1) is 20.9. The molecule has 0 aliphatic carbocycles. The number of nitrogens with one attached hydrogen (secondary N) is 1. The van der Waals surface area contributed by atoms with E-state index in [1.807, 2.05) is 61.5 Å². The number of thioether (sulfide) groups is 1. The highest BCUT2D eigenvalue weighted by Gasteiger charge is 2.15. The summed E-state index contributed by atoms with van der Waals surface area (Å²) in [6, 6.07) is 21.8. The van der Waals surface area contributed by atoms with Gasteiger partial charge in [0.2, 0.25) is 5.91 Å². The van der Waals surface area contributed by atoms with E-state index in [-0.39, 0.29) is 11.7 Å². The number of benzene rings is 2. The molecule has 0 aliphatic heterocycles. The smallest absolute Gasteiger partial charge is 0.236 e. The van der Waals surface area contributed by atoms with Gasteiger partial charge in [-0.05, 0) is 31.5 Å². The quantitative estimate of drug-likeness (QED) is 0.424. The van der Waals surface area contributed by atoms with Crippen LogP contribution in [0.1, 0.15) is 24.0 Å². The number of hydrogen-bond donors (Lipinski definition) is 1. The average Bonchev–Trinajstić information content (AvgIpc) is 3.35. The molecule has 0 atom stereocenters. The van der Waals surface area contributed by atoms with Crippen molar-refractivity contribution in [2.24, 2.45) is 0 Å². The summed E-state index contributed by atoms with van der Waals surface area (Å²) in [7, 11) is 0. The fraction of sp³-hybridized carbons (Fsp3) is 0.217. The van der Waals surface area contributed by atoms with E-state index in [4.69, 9.17) is 0 Å². The zero-order valence-electron chi connectivity index (χ0n) is 17.5. The van der Waals surface area contributed by atoms with Gasteiger partial charge in [-0.3, -0.25) is 4.79 Å². The van der Waals surface area contributed by atoms with Crippen LogP contribution in [-0.4, -0.2) is 36.2 Å². The van der Waals surface area contributed by atoms with E-state index in [1.54, 1.807) is 4.68 Å². The summed E-state index contributed by atoms with van der Waals surface area (Å²) in [4.78, 5) is 12.6. The lowest BCUT2D eigenvalue weighted by molar-refractivity contribution is -0.113. The molecule has 0 saturated heterocycles. The van der Waals surface area contributed by atoms with Crippen molar-refractivity contribution in [3.63, 3.8) is 0 Å². The van der Waals surface area contributed by atoms with E-state index < -0.39 is 0 Å². The number of aromatic nitrogens is 5. The van der Waals surface area contributed by atoms with Gasteiger partial charge in [-0.15, -0.1) is 10.2 Å². The summed E-state index contributed by atoms with van der Waals surface area (Å²) in [5.41, 5.74) is 2.92. The molecule has 2 aromatic heterocycles. The van der Waals surface area contributed by atoms with Gasteiger partial charge < -0.3 is 9.88 Å². The zero-order chi connectivity index (χ0) is 21.6. The number of carbonyl (C=O) groups is 1. The van der Waals surface area contributed by atoms with E-state index in [1.165, 1.54) is 17.3 Å². The van der Waals surface area contributed by atoms with E-state index in [9.17, 15) is 4.79 Å². The molecule has 0 unspecified atom stereocenters. The lowest BCUT2D eigenvalue weighted by atomic mass is 10.1. The molecule has 4 rings (SSSR count). The molecule has 31 heavy (non-hydrogen) atoms. The van der Waals surface area contributed by atoms with Gasteiger partial charge in [0.15, 0.2) is 5.16 Å². The van der Waals surface area contributed by atoms with Crippen LogP contribution in [0.25, 0.3) is 5.69 Å². The minimum Gasteiger partial charge on any atom is -0.310 e. The second kappa shape index (κ2) is 9.61. The Kier molecular flexibility index (Phi) is 6.47. The molecule has 0 saturated carbocycles. The summed E-state index contributed by atoms with van der Waals surface area (Å²) in [5, 5.41) is 16.9. The van der Waals surface area contributed by atoms with Crippen LogP contribution >= 0.6 is 11.8 Å². The lowest BCUT2D eigenvalue weighted by Crippen LogP contribution is -2.17. The predicted octanol–water partition coefficient (Wildman–Crippen LogP) is 4.11. The predicted molar refractivity (Wildman–Crippen MR) is 123 cm³/mol. The molecule has 7 nitrogen and oxygen atoms in total. The highest BCUT2D eigenvalue weighted by molar-refractivity contribution is 7.99. The molecule has 0 spiro atoms. The number of hydrogen-bond acceptors (Lipinski definition) is 5. The normalized spacial score (nSPS) is 10.9. The van der Waals surface area contributed by atoms with Gasteiger partial charge in [0.05, 0.1) is 17.1 Å². The van der Waals surface area contributed by atoms with Gasteiger partial charge in [-0.2, -0.15) is 5.10 Å². The van der Waals surface area contributed by atoms with E-state index in [2.05, 4.69) is 44.2 Å². The highest BCUT2D eigenvalue weighted by atomic mass is 32.2. The van der Waals surface area contributed by atoms with Crippen molar-refractivity contribution in [3.8, 4) is 5.69 Å². The summed E-state index contributed by atoms with van der Waals surface area (Å²) >= 11 is 1.39. The van der Waals surface area contributed by atoms with Crippen LogP contribution in [0.4, 0.5) is 5.82 Å². The molecule has 1 N–H and O–H groups in total. The van der Waals surface area contributed by atoms with Crippen molar-refractivity contribution in [2.45, 2.75) is 32.0 Å². The van der Waals surface area contributed by atoms with Crippen molar-refractivity contribution >= 4 is 23.5 Å². The molecule has 0 fully saturated rings. The van der Waals surface area contributed by atoms with E-state index >= 15 is 0 Å². The van der Waals surface area contributed by atoms with Crippen molar-refractivity contribution in [1.29, 1.82) is 0 Å². The molecule has 0 radical (unpaired) electrons. The van der Waals surface area contributed by atoms with Crippen LogP contribution < -0.4 is 5.32 Å². The van der Waals surface area contributed by atoms with E-state index in [0.29, 0.717) is 12.2 Å². The maximum absolute atomic E-state index is 12.6. The molecule has 2 heterocycles. The average molecular weight is 433 g/mol. The van der Waals surface area contributed by atoms with Gasteiger partial charge in [0.1, 0.15) is 11.6 Å². The fourth-order valence-electron chi connectivity index (χ4n) is 3.32. The minimum absolute atomic E-state index is 0.114. The van der Waals surface area contributed by atoms with Crippen molar-refractivity contribution in [1.82, 2.24) is 24.5 Å². The SMILES string of the molecule is CCn1c(Cc2ccccc2)nnc1SCC(=O)Nc1cc(C)nn1-c1ccccc1. The number of rotatable bonds is 8. The van der Waals surface area contributed by atoms with Crippen LogP contribution in [0.3, 0.4) is 0 Å². The molecule has 1 amide bonds. The summed E-state index contributed by atoms with van der Waals surface area (Å²) in [6.45, 7) is 4.71. The zero-order valence-corrected chi connectivity index (χ0v) is 18.3. The van der Waals surface area contributed by atoms with Crippen LogP contribution in [-0.2, 0) is 17.8 Å². The summed E-state index contributed by atoms with van der Waals surface area (Å²) in [6.07, 6.45) is 0.712. The molecule has 0 bridgehead atoms. The first-order valence-electron chi connectivity index (χ1n) is 10.1. The Balaban J connectivity index is 1.42. The Morgan fingerprint density at radius 2 is 1.74 bits per heavy atom. The molecule has 0 aliphatic rings. The van der Waals surface area contributed by atoms with Crippen LogP contribution in [0.15, 0.2) is 71.9 Å². The maximum Gasteiger partial charge on any atom is 0.236 e. The highest BCUT2D eigenvalue weighted by Crippen LogP contribution is 2.21. The van der Waals surface area contributed by atoms with Crippen LogP contribution in [0.5, 0.6) is 0 Å². The molecule has 4 aromatic rings. The molecular formula is C23H24N6OS. The first-order valence-corrected chi connectivity index (χ1v) is 11.1. The second-order valence-electron chi connectivity index (χ2n) is 7.06.